The Labute approximate surface area is 169 Å². The fourth-order valence-electron chi connectivity index (χ4n) is 4.11. The lowest BCUT2D eigenvalue weighted by Gasteiger charge is -2.38. The largest absolute Gasteiger partial charge is 0.396 e. The molecular formula is C20H25Cl2N3O2. The molecule has 1 aromatic heterocycles. The Hall–Kier alpha value is -1.40. The third-order valence-corrected chi connectivity index (χ3v) is 6.56. The van der Waals surface area contributed by atoms with Crippen LogP contribution in [0.1, 0.15) is 49.5 Å². The van der Waals surface area contributed by atoms with Gasteiger partial charge in [0.15, 0.2) is 0 Å². The minimum Gasteiger partial charge on any atom is -0.396 e. The maximum atomic E-state index is 12.8. The number of aliphatic hydroxyl groups excluding tert-OH is 1. The van der Waals surface area contributed by atoms with E-state index in [1.54, 1.807) is 31.2 Å². The Balaban J connectivity index is 1.88. The molecule has 0 aliphatic heterocycles. The van der Waals surface area contributed by atoms with Crippen molar-refractivity contribution < 1.29 is 5.11 Å². The summed E-state index contributed by atoms with van der Waals surface area (Å²) in [6, 6.07) is 6.81. The molecule has 0 amide bonds. The predicted molar refractivity (Wildman–Crippen MR) is 109 cm³/mol. The summed E-state index contributed by atoms with van der Waals surface area (Å²) in [4.78, 5) is 17.5. The number of aryl methyl sites for hydroxylation is 1. The molecule has 5 nitrogen and oxygen atoms in total. The molecule has 1 fully saturated rings. The van der Waals surface area contributed by atoms with Gasteiger partial charge in [0.1, 0.15) is 5.82 Å². The van der Waals surface area contributed by atoms with E-state index in [4.69, 9.17) is 33.9 Å². The van der Waals surface area contributed by atoms with Crippen LogP contribution >= 0.6 is 23.2 Å². The van der Waals surface area contributed by atoms with Crippen molar-refractivity contribution in [3.05, 3.63) is 56.2 Å². The topological polar surface area (TPSA) is 81.1 Å². The van der Waals surface area contributed by atoms with Crippen molar-refractivity contribution >= 4 is 23.2 Å². The van der Waals surface area contributed by atoms with Crippen LogP contribution in [0.3, 0.4) is 0 Å². The summed E-state index contributed by atoms with van der Waals surface area (Å²) in [6.07, 6.45) is 4.42. The Kier molecular flexibility index (Phi) is 6.26. The van der Waals surface area contributed by atoms with Crippen molar-refractivity contribution in [2.75, 3.05) is 13.2 Å². The molecule has 0 bridgehead atoms. The Morgan fingerprint density at radius 2 is 2.04 bits per heavy atom. The van der Waals surface area contributed by atoms with Gasteiger partial charge in [-0.25, -0.2) is 4.98 Å². The molecule has 27 heavy (non-hydrogen) atoms. The smallest absolute Gasteiger partial charge is 0.258 e. The van der Waals surface area contributed by atoms with E-state index in [2.05, 4.69) is 0 Å². The molecule has 0 saturated heterocycles. The number of nitrogens with zero attached hydrogens (tertiary/aromatic N) is 2. The fraction of sp³-hybridized carbons (Fsp3) is 0.500. The first-order chi connectivity index (χ1) is 12.9. The fourth-order valence-corrected chi connectivity index (χ4v) is 4.49. The van der Waals surface area contributed by atoms with Gasteiger partial charge in [0.2, 0.25) is 0 Å². The predicted octanol–water partition coefficient (Wildman–Crippen LogP) is 3.83. The highest BCUT2D eigenvalue weighted by molar-refractivity contribution is 6.43. The van der Waals surface area contributed by atoms with Crippen molar-refractivity contribution in [3.63, 3.8) is 0 Å². The second-order valence-electron chi connectivity index (χ2n) is 7.45. The molecule has 1 aromatic carbocycles. The number of halogens is 2. The molecule has 0 radical (unpaired) electrons. The van der Waals surface area contributed by atoms with Gasteiger partial charge in [-0.3, -0.25) is 9.36 Å². The van der Waals surface area contributed by atoms with Crippen molar-refractivity contribution in [1.29, 1.82) is 0 Å². The van der Waals surface area contributed by atoms with Crippen molar-refractivity contribution in [1.82, 2.24) is 9.55 Å². The quantitative estimate of drug-likeness (QED) is 0.785. The summed E-state index contributed by atoms with van der Waals surface area (Å²) < 4.78 is 1.49. The van der Waals surface area contributed by atoms with Gasteiger partial charge < -0.3 is 10.8 Å². The van der Waals surface area contributed by atoms with E-state index in [1.165, 1.54) is 4.57 Å². The van der Waals surface area contributed by atoms with Crippen LogP contribution in [-0.4, -0.2) is 27.8 Å². The zero-order valence-electron chi connectivity index (χ0n) is 15.4. The zero-order chi connectivity index (χ0) is 19.6. The summed E-state index contributed by atoms with van der Waals surface area (Å²) >= 11 is 12.4. The normalized spacial score (nSPS) is 22.8. The number of hydrogen-bond donors (Lipinski definition) is 2. The average molecular weight is 410 g/mol. The average Bonchev–Trinajstić information content (AvgIpc) is 2.65. The number of rotatable bonds is 5. The standard InChI is InChI=1S/C20H25Cl2N3O2/c1-13-24-16(14-5-7-20(12-26,8-6-14)9-10-23)11-18(27)25(13)17-4-2-3-15(21)19(17)22/h2-4,11,14,26H,5-10,12,23H2,1H3. The molecule has 1 saturated carbocycles. The highest BCUT2D eigenvalue weighted by Gasteiger charge is 2.35. The number of hydrogen-bond acceptors (Lipinski definition) is 4. The van der Waals surface area contributed by atoms with Gasteiger partial charge in [0.25, 0.3) is 5.56 Å². The van der Waals surface area contributed by atoms with Crippen molar-refractivity contribution in [2.24, 2.45) is 11.1 Å². The first-order valence-electron chi connectivity index (χ1n) is 9.27. The van der Waals surface area contributed by atoms with Crippen LogP contribution in [0, 0.1) is 12.3 Å². The zero-order valence-corrected chi connectivity index (χ0v) is 16.9. The van der Waals surface area contributed by atoms with Gasteiger partial charge in [-0.05, 0) is 63.1 Å². The molecule has 3 rings (SSSR count). The van der Waals surface area contributed by atoms with Crippen LogP contribution in [0.15, 0.2) is 29.1 Å². The molecule has 0 spiro atoms. The summed E-state index contributed by atoms with van der Waals surface area (Å²) in [5, 5.41) is 10.5. The van der Waals surface area contributed by atoms with E-state index < -0.39 is 0 Å². The molecule has 1 aliphatic rings. The van der Waals surface area contributed by atoms with Crippen LogP contribution in [0.25, 0.3) is 5.69 Å². The van der Waals surface area contributed by atoms with E-state index in [1.807, 2.05) is 0 Å². The monoisotopic (exact) mass is 409 g/mol. The number of aromatic nitrogens is 2. The first kappa shape index (κ1) is 20.3. The van der Waals surface area contributed by atoms with Gasteiger partial charge in [0.05, 0.1) is 21.4 Å². The van der Waals surface area contributed by atoms with Crippen LogP contribution in [0.5, 0.6) is 0 Å². The number of nitrogens with two attached hydrogens (primary N) is 1. The molecule has 146 valence electrons. The lowest BCUT2D eigenvalue weighted by molar-refractivity contribution is 0.0689. The Morgan fingerprint density at radius 1 is 1.33 bits per heavy atom. The van der Waals surface area contributed by atoms with Crippen LogP contribution in [0.2, 0.25) is 10.0 Å². The van der Waals surface area contributed by atoms with E-state index in [-0.39, 0.29) is 23.5 Å². The lowest BCUT2D eigenvalue weighted by Crippen LogP contribution is -2.33. The highest BCUT2D eigenvalue weighted by Crippen LogP contribution is 2.44. The molecule has 0 unspecified atom stereocenters. The molecule has 7 heteroatoms. The van der Waals surface area contributed by atoms with Gasteiger partial charge >= 0.3 is 0 Å². The molecule has 1 heterocycles. The Bertz CT molecular complexity index is 874. The molecule has 3 N–H and O–H groups in total. The first-order valence-corrected chi connectivity index (χ1v) is 10.0. The van der Waals surface area contributed by atoms with Crippen molar-refractivity contribution in [2.45, 2.75) is 44.9 Å². The molecule has 1 aliphatic carbocycles. The van der Waals surface area contributed by atoms with E-state index in [0.717, 1.165) is 37.8 Å². The maximum Gasteiger partial charge on any atom is 0.258 e. The van der Waals surface area contributed by atoms with E-state index in [9.17, 15) is 9.90 Å². The number of aliphatic hydroxyl groups is 1. The van der Waals surface area contributed by atoms with Gasteiger partial charge in [-0.15, -0.1) is 0 Å². The maximum absolute atomic E-state index is 12.8. The second kappa shape index (κ2) is 8.31. The van der Waals surface area contributed by atoms with Crippen LogP contribution in [-0.2, 0) is 0 Å². The molecule has 2 aromatic rings. The summed E-state index contributed by atoms with van der Waals surface area (Å²) in [5.74, 6) is 0.806. The minimum atomic E-state index is -0.164. The second-order valence-corrected chi connectivity index (χ2v) is 8.23. The summed E-state index contributed by atoms with van der Waals surface area (Å²) in [5.41, 5.74) is 6.82. The van der Waals surface area contributed by atoms with Gasteiger partial charge in [0, 0.05) is 18.6 Å². The lowest BCUT2D eigenvalue weighted by atomic mass is 9.68. The molecular weight excluding hydrogens is 385 g/mol. The van der Waals surface area contributed by atoms with Crippen molar-refractivity contribution in [3.8, 4) is 5.69 Å². The molecule has 0 atom stereocenters. The van der Waals surface area contributed by atoms with E-state index >= 15 is 0 Å². The van der Waals surface area contributed by atoms with Gasteiger partial charge in [-0.2, -0.15) is 0 Å². The summed E-state index contributed by atoms with van der Waals surface area (Å²) in [6.45, 7) is 2.55. The summed E-state index contributed by atoms with van der Waals surface area (Å²) in [7, 11) is 0. The third kappa shape index (κ3) is 4.06. The number of benzene rings is 1. The van der Waals surface area contributed by atoms with Gasteiger partial charge in [-0.1, -0.05) is 29.3 Å². The third-order valence-electron chi connectivity index (χ3n) is 5.75. The Morgan fingerprint density at radius 3 is 2.63 bits per heavy atom. The highest BCUT2D eigenvalue weighted by atomic mass is 35.5. The SMILES string of the molecule is Cc1nc(C2CCC(CO)(CCN)CC2)cc(=O)n1-c1cccc(Cl)c1Cl. The minimum absolute atomic E-state index is 0.0798. The van der Waals surface area contributed by atoms with E-state index in [0.29, 0.717) is 28.1 Å². The van der Waals surface area contributed by atoms with Crippen LogP contribution < -0.4 is 11.3 Å². The van der Waals surface area contributed by atoms with Crippen LogP contribution in [0.4, 0.5) is 0 Å².